The second kappa shape index (κ2) is 6.81. The molecule has 0 aliphatic carbocycles. The van der Waals surface area contributed by atoms with Gasteiger partial charge in [0.1, 0.15) is 0 Å². The van der Waals surface area contributed by atoms with Gasteiger partial charge in [-0.1, -0.05) is 35.3 Å². The number of halogens is 3. The van der Waals surface area contributed by atoms with Crippen LogP contribution in [-0.2, 0) is 6.54 Å². The molecule has 0 spiro atoms. The molecule has 2 nitrogen and oxygen atoms in total. The first-order valence-corrected chi connectivity index (χ1v) is 6.31. The zero-order chi connectivity index (χ0) is 11.5. The van der Waals surface area contributed by atoms with Crippen LogP contribution in [0.3, 0.4) is 0 Å². The molecule has 1 N–H and O–H groups in total. The molecule has 0 amide bonds. The summed E-state index contributed by atoms with van der Waals surface area (Å²) >= 11 is 12.2. The maximum Gasteiger partial charge on any atom is 0.0637 e. The molecule has 1 unspecified atom stereocenters. The summed E-state index contributed by atoms with van der Waals surface area (Å²) < 4.78 is 0. The molecular formula is C12H17Cl3N2. The molecule has 1 aromatic rings. The average molecular weight is 296 g/mol. The van der Waals surface area contributed by atoms with Crippen molar-refractivity contribution in [1.82, 2.24) is 10.2 Å². The van der Waals surface area contributed by atoms with Gasteiger partial charge in [0.25, 0.3) is 0 Å². The predicted octanol–water partition coefficient (Wildman–Crippen LogP) is 3.21. The van der Waals surface area contributed by atoms with Crippen molar-refractivity contribution in [2.45, 2.75) is 19.5 Å². The molecule has 0 aromatic heterocycles. The van der Waals surface area contributed by atoms with E-state index >= 15 is 0 Å². The smallest absolute Gasteiger partial charge is 0.0637 e. The van der Waals surface area contributed by atoms with Crippen LogP contribution in [0.15, 0.2) is 18.2 Å². The lowest BCUT2D eigenvalue weighted by Gasteiger charge is -2.34. The fourth-order valence-electron chi connectivity index (χ4n) is 2.01. The van der Waals surface area contributed by atoms with Crippen molar-refractivity contribution in [3.63, 3.8) is 0 Å². The van der Waals surface area contributed by atoms with Gasteiger partial charge in [-0.3, -0.25) is 4.90 Å². The van der Waals surface area contributed by atoms with E-state index in [2.05, 4.69) is 17.1 Å². The van der Waals surface area contributed by atoms with Crippen LogP contribution in [0.2, 0.25) is 10.0 Å². The molecule has 96 valence electrons. The second-order valence-electron chi connectivity index (χ2n) is 4.24. The normalized spacial score (nSPS) is 21.0. The van der Waals surface area contributed by atoms with Gasteiger partial charge in [0.15, 0.2) is 0 Å². The van der Waals surface area contributed by atoms with E-state index in [1.54, 1.807) is 0 Å². The first kappa shape index (κ1) is 15.1. The van der Waals surface area contributed by atoms with Crippen LogP contribution in [0.5, 0.6) is 0 Å². The van der Waals surface area contributed by atoms with Crippen LogP contribution in [0, 0.1) is 0 Å². The van der Waals surface area contributed by atoms with Crippen molar-refractivity contribution >= 4 is 35.6 Å². The molecule has 1 fully saturated rings. The third kappa shape index (κ3) is 3.73. The Morgan fingerprint density at radius 3 is 2.88 bits per heavy atom. The number of rotatable bonds is 2. The molecule has 1 aliphatic heterocycles. The molecule has 1 heterocycles. The Morgan fingerprint density at radius 1 is 1.41 bits per heavy atom. The Bertz CT molecular complexity index is 371. The van der Waals surface area contributed by atoms with Gasteiger partial charge < -0.3 is 5.32 Å². The van der Waals surface area contributed by atoms with Gasteiger partial charge in [-0.15, -0.1) is 12.4 Å². The highest BCUT2D eigenvalue weighted by Gasteiger charge is 2.18. The SMILES string of the molecule is CC1CNCCN1Cc1cccc(Cl)c1Cl.Cl. The molecule has 0 saturated carbocycles. The van der Waals surface area contributed by atoms with Gasteiger partial charge in [0.2, 0.25) is 0 Å². The molecule has 5 heteroatoms. The molecular weight excluding hydrogens is 279 g/mol. The summed E-state index contributed by atoms with van der Waals surface area (Å²) in [4.78, 5) is 2.42. The molecule has 1 aliphatic rings. The Balaban J connectivity index is 0.00000144. The molecule has 2 rings (SSSR count). The van der Waals surface area contributed by atoms with Crippen LogP contribution in [0.1, 0.15) is 12.5 Å². The first-order valence-electron chi connectivity index (χ1n) is 5.56. The Morgan fingerprint density at radius 2 is 2.18 bits per heavy atom. The van der Waals surface area contributed by atoms with Gasteiger partial charge in [-0.05, 0) is 18.6 Å². The van der Waals surface area contributed by atoms with E-state index in [0.717, 1.165) is 31.7 Å². The van der Waals surface area contributed by atoms with Crippen LogP contribution in [-0.4, -0.2) is 30.6 Å². The molecule has 17 heavy (non-hydrogen) atoms. The van der Waals surface area contributed by atoms with Gasteiger partial charge in [0.05, 0.1) is 10.0 Å². The number of hydrogen-bond donors (Lipinski definition) is 1. The Labute approximate surface area is 119 Å². The van der Waals surface area contributed by atoms with Crippen molar-refractivity contribution in [3.05, 3.63) is 33.8 Å². The van der Waals surface area contributed by atoms with E-state index in [0.29, 0.717) is 16.1 Å². The van der Waals surface area contributed by atoms with Crippen molar-refractivity contribution < 1.29 is 0 Å². The fraction of sp³-hybridized carbons (Fsp3) is 0.500. The fourth-order valence-corrected chi connectivity index (χ4v) is 2.39. The lowest BCUT2D eigenvalue weighted by atomic mass is 10.1. The maximum atomic E-state index is 6.19. The summed E-state index contributed by atoms with van der Waals surface area (Å²) in [6.07, 6.45) is 0. The molecule has 1 aromatic carbocycles. The minimum atomic E-state index is 0. The second-order valence-corrected chi connectivity index (χ2v) is 5.02. The zero-order valence-electron chi connectivity index (χ0n) is 9.75. The monoisotopic (exact) mass is 294 g/mol. The Kier molecular flexibility index (Phi) is 6.04. The summed E-state index contributed by atoms with van der Waals surface area (Å²) in [6.45, 7) is 6.25. The van der Waals surface area contributed by atoms with E-state index in [4.69, 9.17) is 23.2 Å². The van der Waals surface area contributed by atoms with Crippen LogP contribution in [0.25, 0.3) is 0 Å². The quantitative estimate of drug-likeness (QED) is 0.901. The van der Waals surface area contributed by atoms with E-state index in [1.807, 2.05) is 18.2 Å². The Hall–Kier alpha value is 0.01000. The highest BCUT2D eigenvalue weighted by atomic mass is 35.5. The van der Waals surface area contributed by atoms with E-state index in [9.17, 15) is 0 Å². The minimum absolute atomic E-state index is 0. The summed E-state index contributed by atoms with van der Waals surface area (Å²) in [5.74, 6) is 0. The van der Waals surface area contributed by atoms with Crippen LogP contribution >= 0.6 is 35.6 Å². The van der Waals surface area contributed by atoms with Crippen molar-refractivity contribution in [2.24, 2.45) is 0 Å². The third-order valence-electron chi connectivity index (χ3n) is 3.04. The zero-order valence-corrected chi connectivity index (χ0v) is 12.1. The molecule has 1 saturated heterocycles. The topological polar surface area (TPSA) is 15.3 Å². The van der Waals surface area contributed by atoms with Gasteiger partial charge in [-0.25, -0.2) is 0 Å². The highest BCUT2D eigenvalue weighted by molar-refractivity contribution is 6.42. The largest absolute Gasteiger partial charge is 0.314 e. The number of hydrogen-bond acceptors (Lipinski definition) is 2. The summed E-state index contributed by atoms with van der Waals surface area (Å²) in [6, 6.07) is 6.37. The van der Waals surface area contributed by atoms with Gasteiger partial charge in [-0.2, -0.15) is 0 Å². The molecule has 0 radical (unpaired) electrons. The lowest BCUT2D eigenvalue weighted by Crippen LogP contribution is -2.49. The van der Waals surface area contributed by atoms with Gasteiger partial charge >= 0.3 is 0 Å². The number of nitrogens with one attached hydrogen (secondary N) is 1. The average Bonchev–Trinajstić information content (AvgIpc) is 2.28. The van der Waals surface area contributed by atoms with Crippen molar-refractivity contribution in [3.8, 4) is 0 Å². The highest BCUT2D eigenvalue weighted by Crippen LogP contribution is 2.27. The minimum Gasteiger partial charge on any atom is -0.314 e. The van der Waals surface area contributed by atoms with E-state index in [1.165, 1.54) is 0 Å². The van der Waals surface area contributed by atoms with E-state index < -0.39 is 0 Å². The van der Waals surface area contributed by atoms with Crippen molar-refractivity contribution in [2.75, 3.05) is 19.6 Å². The summed E-state index contributed by atoms with van der Waals surface area (Å²) in [7, 11) is 0. The first-order chi connectivity index (χ1) is 7.68. The number of piperazine rings is 1. The van der Waals surface area contributed by atoms with Crippen molar-refractivity contribution in [1.29, 1.82) is 0 Å². The molecule has 1 atom stereocenters. The summed E-state index contributed by atoms with van der Waals surface area (Å²) in [5.41, 5.74) is 1.11. The number of nitrogens with zero attached hydrogens (tertiary/aromatic N) is 1. The summed E-state index contributed by atoms with van der Waals surface area (Å²) in [5, 5.41) is 4.71. The third-order valence-corrected chi connectivity index (χ3v) is 3.90. The number of benzene rings is 1. The maximum absolute atomic E-state index is 6.19. The van der Waals surface area contributed by atoms with E-state index in [-0.39, 0.29) is 12.4 Å². The van der Waals surface area contributed by atoms with Gasteiger partial charge in [0, 0.05) is 32.2 Å². The molecule has 0 bridgehead atoms. The lowest BCUT2D eigenvalue weighted by molar-refractivity contribution is 0.165. The predicted molar refractivity (Wildman–Crippen MR) is 76.5 cm³/mol. The standard InChI is InChI=1S/C12H16Cl2N2.ClH/c1-9-7-15-5-6-16(9)8-10-3-2-4-11(13)12(10)14;/h2-4,9,15H,5-8H2,1H3;1H. The van der Waals surface area contributed by atoms with Crippen LogP contribution in [0.4, 0.5) is 0 Å². The van der Waals surface area contributed by atoms with Crippen LogP contribution < -0.4 is 5.32 Å².